The summed E-state index contributed by atoms with van der Waals surface area (Å²) in [6.45, 7) is 9.10. The first-order valence-electron chi connectivity index (χ1n) is 9.71. The molecule has 6 nitrogen and oxygen atoms in total. The van der Waals surface area contributed by atoms with Crippen molar-refractivity contribution in [2.75, 3.05) is 13.2 Å². The van der Waals surface area contributed by atoms with Gasteiger partial charge in [-0.3, -0.25) is 4.79 Å². The fourth-order valence-electron chi connectivity index (χ4n) is 3.68. The van der Waals surface area contributed by atoms with E-state index in [2.05, 4.69) is 4.72 Å². The van der Waals surface area contributed by atoms with Gasteiger partial charge < -0.3 is 9.64 Å². The maximum atomic E-state index is 13.3. The van der Waals surface area contributed by atoms with Crippen LogP contribution in [0.15, 0.2) is 23.1 Å². The average molecular weight is 395 g/mol. The summed E-state index contributed by atoms with van der Waals surface area (Å²) in [5.74, 6) is -0.110. The second-order valence-electron chi connectivity index (χ2n) is 8.22. The van der Waals surface area contributed by atoms with Crippen LogP contribution in [0.1, 0.15) is 62.4 Å². The molecule has 1 aliphatic carbocycles. The van der Waals surface area contributed by atoms with Gasteiger partial charge in [-0.2, -0.15) is 0 Å². The predicted molar refractivity (Wildman–Crippen MR) is 104 cm³/mol. The van der Waals surface area contributed by atoms with Crippen LogP contribution in [0.3, 0.4) is 0 Å². The Morgan fingerprint density at radius 1 is 1.30 bits per heavy atom. The molecule has 1 heterocycles. The van der Waals surface area contributed by atoms with Crippen molar-refractivity contribution >= 4 is 15.9 Å². The number of carbonyl (C=O) groups excluding carboxylic acids is 1. The van der Waals surface area contributed by atoms with E-state index >= 15 is 0 Å². The molecule has 1 aliphatic heterocycles. The van der Waals surface area contributed by atoms with Crippen LogP contribution in [0.4, 0.5) is 0 Å². The Hall–Kier alpha value is -1.44. The van der Waals surface area contributed by atoms with E-state index in [0.29, 0.717) is 18.7 Å². The molecule has 1 saturated carbocycles. The highest BCUT2D eigenvalue weighted by Crippen LogP contribution is 2.29. The van der Waals surface area contributed by atoms with Crippen molar-refractivity contribution in [1.29, 1.82) is 0 Å². The van der Waals surface area contributed by atoms with Crippen LogP contribution in [0, 0.1) is 6.92 Å². The fraction of sp³-hybridized carbons (Fsp3) is 0.650. The number of benzene rings is 1. The van der Waals surface area contributed by atoms with Crippen molar-refractivity contribution in [2.24, 2.45) is 0 Å². The Kier molecular flexibility index (Phi) is 5.66. The number of hydrogen-bond acceptors (Lipinski definition) is 4. The molecule has 1 amide bonds. The molecule has 1 aromatic carbocycles. The lowest BCUT2D eigenvalue weighted by atomic mass is 9.92. The summed E-state index contributed by atoms with van der Waals surface area (Å²) < 4.78 is 33.5. The highest BCUT2D eigenvalue weighted by atomic mass is 32.2. The zero-order chi connectivity index (χ0) is 19.8. The van der Waals surface area contributed by atoms with Crippen LogP contribution in [0.5, 0.6) is 0 Å². The van der Waals surface area contributed by atoms with E-state index in [1.54, 1.807) is 12.1 Å². The normalized spacial score (nSPS) is 22.4. The summed E-state index contributed by atoms with van der Waals surface area (Å²) in [4.78, 5) is 15.3. The topological polar surface area (TPSA) is 75.7 Å². The van der Waals surface area contributed by atoms with Gasteiger partial charge in [0.15, 0.2) is 0 Å². The van der Waals surface area contributed by atoms with Gasteiger partial charge in [0.25, 0.3) is 5.91 Å². The summed E-state index contributed by atoms with van der Waals surface area (Å²) >= 11 is 0. The third-order valence-corrected chi connectivity index (χ3v) is 6.88. The molecule has 1 atom stereocenters. The minimum absolute atomic E-state index is 0.0343. The number of sulfonamides is 1. The van der Waals surface area contributed by atoms with E-state index in [-0.39, 0.29) is 28.5 Å². The standard InChI is InChI=1S/C20H30N2O4S/c1-5-22(16-10-11-26-20(3,4)13-16)19(23)18-12-17(9-6-14(18)2)27(24,25)21-15-7-8-15/h6,9,12,15-16,21H,5,7-8,10-11,13H2,1-4H3. The second kappa shape index (κ2) is 7.53. The van der Waals surface area contributed by atoms with Gasteiger partial charge in [-0.05, 0) is 71.1 Å². The smallest absolute Gasteiger partial charge is 0.254 e. The Bertz CT molecular complexity index is 815. The van der Waals surface area contributed by atoms with Crippen molar-refractivity contribution in [1.82, 2.24) is 9.62 Å². The summed E-state index contributed by atoms with van der Waals surface area (Å²) in [6.07, 6.45) is 3.32. The van der Waals surface area contributed by atoms with Gasteiger partial charge in [0.2, 0.25) is 10.0 Å². The van der Waals surface area contributed by atoms with Gasteiger partial charge >= 0.3 is 0 Å². The highest BCUT2D eigenvalue weighted by molar-refractivity contribution is 7.89. The van der Waals surface area contributed by atoms with Gasteiger partial charge in [0.1, 0.15) is 0 Å². The molecule has 1 aromatic rings. The van der Waals surface area contributed by atoms with Crippen LogP contribution >= 0.6 is 0 Å². The van der Waals surface area contributed by atoms with Gasteiger partial charge in [0, 0.05) is 30.8 Å². The maximum Gasteiger partial charge on any atom is 0.254 e. The molecule has 2 fully saturated rings. The number of aryl methyl sites for hydroxylation is 1. The van der Waals surface area contributed by atoms with Gasteiger partial charge in [0.05, 0.1) is 10.5 Å². The molecule has 1 saturated heterocycles. The number of nitrogens with zero attached hydrogens (tertiary/aromatic N) is 1. The Balaban J connectivity index is 1.87. The lowest BCUT2D eigenvalue weighted by Gasteiger charge is -2.41. The first-order chi connectivity index (χ1) is 12.6. The predicted octanol–water partition coefficient (Wildman–Crippen LogP) is 2.86. The molecule has 1 N–H and O–H groups in total. The zero-order valence-electron chi connectivity index (χ0n) is 16.6. The Labute approximate surface area is 162 Å². The van der Waals surface area contributed by atoms with Crippen LogP contribution < -0.4 is 4.72 Å². The van der Waals surface area contributed by atoms with E-state index < -0.39 is 10.0 Å². The summed E-state index contributed by atoms with van der Waals surface area (Å²) in [5.41, 5.74) is 0.986. The number of hydrogen-bond donors (Lipinski definition) is 1. The van der Waals surface area contributed by atoms with Gasteiger partial charge in [-0.1, -0.05) is 6.07 Å². The van der Waals surface area contributed by atoms with E-state index in [1.165, 1.54) is 6.07 Å². The molecule has 0 aromatic heterocycles. The molecular weight excluding hydrogens is 364 g/mol. The number of rotatable bonds is 6. The van der Waals surface area contributed by atoms with Crippen molar-refractivity contribution in [3.05, 3.63) is 29.3 Å². The molecule has 27 heavy (non-hydrogen) atoms. The quantitative estimate of drug-likeness (QED) is 0.805. The minimum Gasteiger partial charge on any atom is -0.375 e. The summed E-state index contributed by atoms with van der Waals surface area (Å²) in [5, 5.41) is 0. The van der Waals surface area contributed by atoms with Crippen molar-refractivity contribution in [3.8, 4) is 0 Å². The second-order valence-corrected chi connectivity index (χ2v) is 9.93. The average Bonchev–Trinajstić information content (AvgIpc) is 3.38. The molecular formula is C20H30N2O4S. The van der Waals surface area contributed by atoms with E-state index in [4.69, 9.17) is 4.74 Å². The fourth-order valence-corrected chi connectivity index (χ4v) is 5.01. The largest absolute Gasteiger partial charge is 0.375 e. The number of nitrogens with one attached hydrogen (secondary N) is 1. The van der Waals surface area contributed by atoms with Crippen molar-refractivity contribution in [3.63, 3.8) is 0 Å². The monoisotopic (exact) mass is 394 g/mol. The Morgan fingerprint density at radius 2 is 2.00 bits per heavy atom. The first-order valence-corrected chi connectivity index (χ1v) is 11.2. The van der Waals surface area contributed by atoms with Crippen LogP contribution in [-0.4, -0.2) is 50.1 Å². The molecule has 2 aliphatic rings. The number of ether oxygens (including phenoxy) is 1. The third-order valence-electron chi connectivity index (χ3n) is 5.36. The van der Waals surface area contributed by atoms with Crippen LogP contribution in [0.2, 0.25) is 0 Å². The molecule has 7 heteroatoms. The van der Waals surface area contributed by atoms with Crippen LogP contribution in [-0.2, 0) is 14.8 Å². The molecule has 150 valence electrons. The molecule has 1 unspecified atom stereocenters. The SMILES string of the molecule is CCN(C(=O)c1cc(S(=O)(=O)NC2CC2)ccc1C)C1CCOC(C)(C)C1. The number of carbonyl (C=O) groups is 1. The lowest BCUT2D eigenvalue weighted by molar-refractivity contribution is -0.0777. The molecule has 0 bridgehead atoms. The number of amides is 1. The van der Waals surface area contributed by atoms with Gasteiger partial charge in [-0.25, -0.2) is 13.1 Å². The third kappa shape index (κ3) is 4.70. The summed E-state index contributed by atoms with van der Waals surface area (Å²) in [7, 11) is -3.59. The maximum absolute atomic E-state index is 13.3. The van der Waals surface area contributed by atoms with Gasteiger partial charge in [-0.15, -0.1) is 0 Å². The van der Waals surface area contributed by atoms with Crippen molar-refractivity contribution < 1.29 is 17.9 Å². The first kappa shape index (κ1) is 20.3. The molecule has 3 rings (SSSR count). The lowest BCUT2D eigenvalue weighted by Crippen LogP contribution is -2.48. The van der Waals surface area contributed by atoms with E-state index in [9.17, 15) is 13.2 Å². The van der Waals surface area contributed by atoms with E-state index in [1.807, 2.05) is 32.6 Å². The minimum atomic E-state index is -3.59. The van der Waals surface area contributed by atoms with Crippen LogP contribution in [0.25, 0.3) is 0 Å². The van der Waals surface area contributed by atoms with Crippen molar-refractivity contribution in [2.45, 2.75) is 76.0 Å². The van der Waals surface area contributed by atoms with E-state index in [0.717, 1.165) is 31.2 Å². The molecule has 0 spiro atoms. The zero-order valence-corrected chi connectivity index (χ0v) is 17.4. The Morgan fingerprint density at radius 3 is 2.59 bits per heavy atom. The summed E-state index contributed by atoms with van der Waals surface area (Å²) in [6, 6.07) is 4.94. The highest BCUT2D eigenvalue weighted by Gasteiger charge is 2.35. The molecule has 0 radical (unpaired) electrons.